The predicted molar refractivity (Wildman–Crippen MR) is 162 cm³/mol. The lowest BCUT2D eigenvalue weighted by atomic mass is 9.81. The molecule has 0 atom stereocenters. The molecule has 6 nitrogen and oxygen atoms in total. The highest BCUT2D eigenvalue weighted by molar-refractivity contribution is 6.30. The van der Waals surface area contributed by atoms with E-state index in [9.17, 15) is 9.59 Å². The number of nitrogens with one attached hydrogen (secondary N) is 1. The summed E-state index contributed by atoms with van der Waals surface area (Å²) in [5.41, 5.74) is 8.77. The third kappa shape index (κ3) is 6.30. The Morgan fingerprint density at radius 3 is 2.38 bits per heavy atom. The minimum absolute atomic E-state index is 0.209. The van der Waals surface area contributed by atoms with Gasteiger partial charge >= 0.3 is 5.97 Å². The van der Waals surface area contributed by atoms with Crippen LogP contribution in [0.1, 0.15) is 40.4 Å². The van der Waals surface area contributed by atoms with Crippen molar-refractivity contribution in [3.05, 3.63) is 112 Å². The van der Waals surface area contributed by atoms with Gasteiger partial charge in [-0.3, -0.25) is 9.69 Å². The Hall–Kier alpha value is -3.87. The zero-order valence-corrected chi connectivity index (χ0v) is 23.5. The molecule has 1 amide bonds. The smallest absolute Gasteiger partial charge is 0.338 e. The van der Waals surface area contributed by atoms with Gasteiger partial charge in [-0.15, -0.1) is 0 Å². The van der Waals surface area contributed by atoms with Gasteiger partial charge in [0.1, 0.15) is 0 Å². The molecule has 1 saturated heterocycles. The summed E-state index contributed by atoms with van der Waals surface area (Å²) in [5, 5.41) is 3.60. The Kier molecular flexibility index (Phi) is 8.68. The highest BCUT2D eigenvalue weighted by atomic mass is 35.5. The van der Waals surface area contributed by atoms with Crippen LogP contribution < -0.4 is 10.2 Å². The molecular formula is C33H34ClN3O3. The lowest BCUT2D eigenvalue weighted by Gasteiger charge is -2.37. The summed E-state index contributed by atoms with van der Waals surface area (Å²) in [4.78, 5) is 28.7. The number of fused-ring (bicyclic) bond motifs is 1. The van der Waals surface area contributed by atoms with Crippen LogP contribution in [0, 0.1) is 0 Å². The molecule has 1 heterocycles. The zero-order chi connectivity index (χ0) is 28.1. The predicted octanol–water partition coefficient (Wildman–Crippen LogP) is 6.21. The molecule has 1 aliphatic carbocycles. The van der Waals surface area contributed by atoms with Gasteiger partial charge in [-0.25, -0.2) is 4.79 Å². The molecule has 0 radical (unpaired) electrons. The van der Waals surface area contributed by atoms with Crippen LogP contribution in [0.15, 0.2) is 85.0 Å². The fourth-order valence-electron chi connectivity index (χ4n) is 5.51. The van der Waals surface area contributed by atoms with Crippen LogP contribution in [0.25, 0.3) is 5.57 Å². The van der Waals surface area contributed by atoms with Crippen molar-refractivity contribution in [3.63, 3.8) is 0 Å². The van der Waals surface area contributed by atoms with Gasteiger partial charge in [0.15, 0.2) is 0 Å². The molecule has 5 rings (SSSR count). The summed E-state index contributed by atoms with van der Waals surface area (Å²) in [6.07, 6.45) is 3.17. The molecule has 7 heteroatoms. The highest BCUT2D eigenvalue weighted by Gasteiger charge is 2.25. The number of anilines is 2. The SMILES string of the molecule is C=CC(=O)Nc1ccc2c(c1)CCC(CN1CCN(c3ccc(C(=O)OCC)cc3)CC1)=C2c1ccc(Cl)cc1. The first-order chi connectivity index (χ1) is 19.4. The Morgan fingerprint density at radius 1 is 0.975 bits per heavy atom. The second-order valence-corrected chi connectivity index (χ2v) is 10.5. The van der Waals surface area contributed by atoms with Crippen molar-refractivity contribution in [1.29, 1.82) is 0 Å². The van der Waals surface area contributed by atoms with Crippen LogP contribution in [-0.4, -0.2) is 56.1 Å². The van der Waals surface area contributed by atoms with E-state index >= 15 is 0 Å². The molecule has 3 aromatic carbocycles. The molecule has 0 aromatic heterocycles. The zero-order valence-electron chi connectivity index (χ0n) is 22.8. The standard InChI is InChI=1S/C33H34ClN3O3/c1-3-31(38)35-28-13-16-30-25(21-28)5-6-26(32(30)23-7-11-27(34)12-8-23)22-36-17-19-37(20-18-36)29-14-9-24(10-15-29)33(39)40-4-2/h3,7-16,21H,1,4-6,17-20,22H2,2H3,(H,35,38). The summed E-state index contributed by atoms with van der Waals surface area (Å²) in [5.74, 6) is -0.491. The minimum atomic E-state index is -0.282. The second kappa shape index (κ2) is 12.5. The van der Waals surface area contributed by atoms with Gasteiger partial charge in [-0.2, -0.15) is 0 Å². The minimum Gasteiger partial charge on any atom is -0.462 e. The maximum Gasteiger partial charge on any atom is 0.338 e. The van der Waals surface area contributed by atoms with E-state index in [1.54, 1.807) is 0 Å². The fourth-order valence-corrected chi connectivity index (χ4v) is 5.63. The first-order valence-electron chi connectivity index (χ1n) is 13.7. The normalized spacial score (nSPS) is 15.4. The van der Waals surface area contributed by atoms with E-state index in [0.717, 1.165) is 67.5 Å². The number of piperazine rings is 1. The van der Waals surface area contributed by atoms with Crippen molar-refractivity contribution >= 4 is 40.4 Å². The van der Waals surface area contributed by atoms with Gasteiger partial charge in [-0.05, 0) is 102 Å². The van der Waals surface area contributed by atoms with Gasteiger partial charge in [0.25, 0.3) is 0 Å². The van der Waals surface area contributed by atoms with Gasteiger partial charge in [-0.1, -0.05) is 36.4 Å². The first kappa shape index (κ1) is 27.7. The maximum absolute atomic E-state index is 12.0. The summed E-state index contributed by atoms with van der Waals surface area (Å²) < 4.78 is 5.10. The van der Waals surface area contributed by atoms with E-state index in [1.807, 2.05) is 49.4 Å². The van der Waals surface area contributed by atoms with Crippen LogP contribution in [-0.2, 0) is 16.0 Å². The number of benzene rings is 3. The molecule has 0 unspecified atom stereocenters. The second-order valence-electron chi connectivity index (χ2n) is 10.1. The topological polar surface area (TPSA) is 61.9 Å². The van der Waals surface area contributed by atoms with Crippen LogP contribution in [0.4, 0.5) is 11.4 Å². The average molecular weight is 556 g/mol. The van der Waals surface area contributed by atoms with Gasteiger partial charge < -0.3 is 15.0 Å². The molecular weight excluding hydrogens is 522 g/mol. The number of carbonyl (C=O) groups is 2. The summed E-state index contributed by atoms with van der Waals surface area (Å²) >= 11 is 6.23. The van der Waals surface area contributed by atoms with Crippen molar-refractivity contribution in [2.45, 2.75) is 19.8 Å². The van der Waals surface area contributed by atoms with Gasteiger partial charge in [0.05, 0.1) is 12.2 Å². The average Bonchev–Trinajstić information content (AvgIpc) is 2.98. The lowest BCUT2D eigenvalue weighted by molar-refractivity contribution is -0.111. The van der Waals surface area contributed by atoms with Crippen LogP contribution in [0.2, 0.25) is 5.02 Å². The van der Waals surface area contributed by atoms with Crippen LogP contribution in [0.5, 0.6) is 0 Å². The molecule has 206 valence electrons. The van der Waals surface area contributed by atoms with Crippen LogP contribution in [0.3, 0.4) is 0 Å². The lowest BCUT2D eigenvalue weighted by Crippen LogP contribution is -2.47. The van der Waals surface area contributed by atoms with E-state index in [1.165, 1.54) is 28.3 Å². The van der Waals surface area contributed by atoms with E-state index < -0.39 is 0 Å². The Morgan fingerprint density at radius 2 is 1.70 bits per heavy atom. The molecule has 0 spiro atoms. The number of carbonyl (C=O) groups excluding carboxylic acids is 2. The Labute approximate surface area is 240 Å². The third-order valence-electron chi connectivity index (χ3n) is 7.54. The first-order valence-corrected chi connectivity index (χ1v) is 14.1. The monoisotopic (exact) mass is 555 g/mol. The van der Waals surface area contributed by atoms with Crippen molar-refractivity contribution in [2.75, 3.05) is 49.5 Å². The number of amides is 1. The maximum atomic E-state index is 12.0. The number of esters is 1. The largest absolute Gasteiger partial charge is 0.462 e. The van der Waals surface area contributed by atoms with Crippen molar-refractivity contribution in [1.82, 2.24) is 4.90 Å². The van der Waals surface area contributed by atoms with E-state index in [2.05, 4.69) is 46.0 Å². The number of ether oxygens (including phenoxy) is 1. The third-order valence-corrected chi connectivity index (χ3v) is 7.79. The Balaban J connectivity index is 1.33. The number of halogens is 1. The molecule has 0 saturated carbocycles. The number of hydrogen-bond donors (Lipinski definition) is 1. The summed E-state index contributed by atoms with van der Waals surface area (Å²) in [7, 11) is 0. The molecule has 2 aliphatic rings. The molecule has 1 fully saturated rings. The highest BCUT2D eigenvalue weighted by Crippen LogP contribution is 2.38. The fraction of sp³-hybridized carbons (Fsp3) is 0.273. The van der Waals surface area contributed by atoms with E-state index in [-0.39, 0.29) is 11.9 Å². The number of aryl methyl sites for hydroxylation is 1. The molecule has 0 bridgehead atoms. The van der Waals surface area contributed by atoms with Crippen molar-refractivity contribution < 1.29 is 14.3 Å². The molecule has 3 aromatic rings. The Bertz CT molecular complexity index is 1420. The van der Waals surface area contributed by atoms with Crippen LogP contribution >= 0.6 is 11.6 Å². The summed E-state index contributed by atoms with van der Waals surface area (Å²) in [6, 6.07) is 21.9. The van der Waals surface area contributed by atoms with Gasteiger partial charge in [0, 0.05) is 49.1 Å². The quantitative estimate of drug-likeness (QED) is 0.264. The van der Waals surface area contributed by atoms with Gasteiger partial charge in [0.2, 0.25) is 5.91 Å². The number of hydrogen-bond acceptors (Lipinski definition) is 5. The number of nitrogens with zero attached hydrogens (tertiary/aromatic N) is 2. The van der Waals surface area contributed by atoms with Crippen molar-refractivity contribution in [2.24, 2.45) is 0 Å². The molecule has 1 N–H and O–H groups in total. The molecule has 40 heavy (non-hydrogen) atoms. The number of rotatable bonds is 8. The van der Waals surface area contributed by atoms with E-state index in [0.29, 0.717) is 12.2 Å². The van der Waals surface area contributed by atoms with Crippen molar-refractivity contribution in [3.8, 4) is 0 Å². The summed E-state index contributed by atoms with van der Waals surface area (Å²) in [6.45, 7) is 10.4. The molecule has 1 aliphatic heterocycles. The van der Waals surface area contributed by atoms with E-state index in [4.69, 9.17) is 16.3 Å².